The number of thiophene rings is 2. The largest absolute Gasteiger partial charge is 0.316 e. The SMILES string of the molecule is Cn1c(N(c2ccc(-c3cc4ccccc4s3)cc2)c2cccnc2)ccc1N(c1ccc(-c2cc3ccccc3s2)cc1)c1cccnc1. The van der Waals surface area contributed by atoms with Crippen molar-refractivity contribution in [2.24, 2.45) is 7.05 Å². The number of hydrogen-bond donors (Lipinski definition) is 0. The minimum atomic E-state index is 0.982. The van der Waals surface area contributed by atoms with Gasteiger partial charge in [-0.3, -0.25) is 19.8 Å². The molecule has 5 nitrogen and oxygen atoms in total. The zero-order valence-electron chi connectivity index (χ0n) is 27.2. The van der Waals surface area contributed by atoms with Crippen LogP contribution in [0.15, 0.2) is 170 Å². The molecule has 0 aliphatic heterocycles. The molecule has 50 heavy (non-hydrogen) atoms. The second kappa shape index (κ2) is 12.8. The lowest BCUT2D eigenvalue weighted by Crippen LogP contribution is -2.17. The normalized spacial score (nSPS) is 11.3. The Balaban J connectivity index is 1.10. The van der Waals surface area contributed by atoms with Gasteiger partial charge in [-0.1, -0.05) is 60.7 Å². The number of rotatable bonds is 8. The Morgan fingerprint density at radius 1 is 0.460 bits per heavy atom. The molecule has 0 fully saturated rings. The van der Waals surface area contributed by atoms with Crippen LogP contribution in [0, 0.1) is 0 Å². The summed E-state index contributed by atoms with van der Waals surface area (Å²) in [5, 5.41) is 2.55. The van der Waals surface area contributed by atoms with E-state index < -0.39 is 0 Å². The zero-order chi connectivity index (χ0) is 33.4. The molecule has 0 amide bonds. The maximum Gasteiger partial charge on any atom is 0.119 e. The van der Waals surface area contributed by atoms with Crippen LogP contribution in [-0.2, 0) is 7.05 Å². The van der Waals surface area contributed by atoms with Gasteiger partial charge in [-0.2, -0.15) is 0 Å². The van der Waals surface area contributed by atoms with Crippen LogP contribution in [0.3, 0.4) is 0 Å². The fraction of sp³-hybridized carbons (Fsp3) is 0.0233. The van der Waals surface area contributed by atoms with Crippen LogP contribution in [0.5, 0.6) is 0 Å². The number of anilines is 6. The number of nitrogens with zero attached hydrogens (tertiary/aromatic N) is 5. The average Bonchev–Trinajstić information content (AvgIpc) is 3.91. The molecule has 0 N–H and O–H groups in total. The summed E-state index contributed by atoms with van der Waals surface area (Å²) >= 11 is 3.65. The third-order valence-corrected chi connectivity index (χ3v) is 11.3. The monoisotopic (exact) mass is 681 g/mol. The molecule has 4 aromatic carbocycles. The Morgan fingerprint density at radius 3 is 1.30 bits per heavy atom. The number of benzene rings is 4. The molecule has 5 aromatic heterocycles. The highest BCUT2D eigenvalue weighted by Crippen LogP contribution is 2.43. The maximum absolute atomic E-state index is 4.49. The Labute approximate surface area is 298 Å². The molecule has 7 heteroatoms. The second-order valence-corrected chi connectivity index (χ2v) is 14.3. The van der Waals surface area contributed by atoms with Gasteiger partial charge in [-0.25, -0.2) is 0 Å². The lowest BCUT2D eigenvalue weighted by atomic mass is 10.1. The Morgan fingerprint density at radius 2 is 0.900 bits per heavy atom. The first-order valence-corrected chi connectivity index (χ1v) is 18.1. The van der Waals surface area contributed by atoms with E-state index in [-0.39, 0.29) is 0 Å². The second-order valence-electron chi connectivity index (χ2n) is 12.1. The number of pyridine rings is 2. The highest BCUT2D eigenvalue weighted by Gasteiger charge is 2.22. The van der Waals surface area contributed by atoms with Crippen molar-refractivity contribution in [3.8, 4) is 20.9 Å². The third kappa shape index (κ3) is 5.52. The van der Waals surface area contributed by atoms with Crippen molar-refractivity contribution in [1.82, 2.24) is 14.5 Å². The molecular formula is C43H31N5S2. The highest BCUT2D eigenvalue weighted by atomic mass is 32.1. The first kappa shape index (κ1) is 30.1. The van der Waals surface area contributed by atoms with Gasteiger partial charge in [0.25, 0.3) is 0 Å². The molecule has 240 valence electrons. The average molecular weight is 682 g/mol. The van der Waals surface area contributed by atoms with Gasteiger partial charge < -0.3 is 4.57 Å². The minimum absolute atomic E-state index is 0.982. The molecule has 9 rings (SSSR count). The summed E-state index contributed by atoms with van der Waals surface area (Å²) in [6.07, 6.45) is 7.46. The lowest BCUT2D eigenvalue weighted by molar-refractivity contribution is 0.899. The summed E-state index contributed by atoms with van der Waals surface area (Å²) in [4.78, 5) is 16.0. The van der Waals surface area contributed by atoms with Crippen molar-refractivity contribution in [2.45, 2.75) is 0 Å². The molecule has 0 radical (unpaired) electrons. The predicted octanol–water partition coefficient (Wildman–Crippen LogP) is 12.5. The molecule has 5 heterocycles. The fourth-order valence-corrected chi connectivity index (χ4v) is 8.67. The van der Waals surface area contributed by atoms with Gasteiger partial charge in [0, 0.05) is 50.0 Å². The van der Waals surface area contributed by atoms with E-state index >= 15 is 0 Å². The Bertz CT molecular complexity index is 2310. The molecule has 0 spiro atoms. The fourth-order valence-electron chi connectivity index (χ4n) is 6.54. The quantitative estimate of drug-likeness (QED) is 0.160. The van der Waals surface area contributed by atoms with Gasteiger partial charge >= 0.3 is 0 Å². The molecule has 0 saturated carbocycles. The third-order valence-electron chi connectivity index (χ3n) is 9.01. The molecule has 0 atom stereocenters. The van der Waals surface area contributed by atoms with Crippen molar-refractivity contribution in [3.05, 3.63) is 170 Å². The Hall–Kier alpha value is -6.02. The van der Waals surface area contributed by atoms with Crippen molar-refractivity contribution in [2.75, 3.05) is 9.80 Å². The van der Waals surface area contributed by atoms with Crippen LogP contribution in [0.25, 0.3) is 41.1 Å². The van der Waals surface area contributed by atoms with Crippen LogP contribution < -0.4 is 9.80 Å². The minimum Gasteiger partial charge on any atom is -0.316 e. The summed E-state index contributed by atoms with van der Waals surface area (Å²) in [5.41, 5.74) is 6.48. The molecule has 0 saturated heterocycles. The van der Waals surface area contributed by atoms with E-state index in [1.165, 1.54) is 41.1 Å². The summed E-state index contributed by atoms with van der Waals surface area (Å²) in [7, 11) is 2.12. The van der Waals surface area contributed by atoms with Crippen LogP contribution in [0.2, 0.25) is 0 Å². The molecule has 0 aliphatic rings. The first-order valence-electron chi connectivity index (χ1n) is 16.4. The Kier molecular flexibility index (Phi) is 7.69. The number of fused-ring (bicyclic) bond motifs is 2. The van der Waals surface area contributed by atoms with Gasteiger partial charge in [-0.15, -0.1) is 22.7 Å². The van der Waals surface area contributed by atoms with E-state index in [0.717, 1.165) is 34.4 Å². The van der Waals surface area contributed by atoms with E-state index in [1.54, 1.807) is 0 Å². The van der Waals surface area contributed by atoms with Crippen LogP contribution in [0.1, 0.15) is 0 Å². The van der Waals surface area contributed by atoms with Crippen molar-refractivity contribution < 1.29 is 0 Å². The molecule has 9 aromatic rings. The smallest absolute Gasteiger partial charge is 0.119 e. The van der Waals surface area contributed by atoms with Gasteiger partial charge in [0.2, 0.25) is 0 Å². The van der Waals surface area contributed by atoms with E-state index in [9.17, 15) is 0 Å². The number of aromatic nitrogens is 3. The number of hydrogen-bond acceptors (Lipinski definition) is 6. The van der Waals surface area contributed by atoms with E-state index in [2.05, 4.69) is 165 Å². The standard InChI is InChI=1S/C43H31N5S2/c1-46-42(47(36-10-6-24-44-28-36)34-18-14-30(15-19-34)40-26-32-8-2-4-12-38(32)49-40)22-23-43(46)48(37-11-7-25-45-29-37)35-20-16-31(17-21-35)41-27-33-9-3-5-13-39(33)50-41/h2-29H,1H3. The van der Waals surface area contributed by atoms with E-state index in [4.69, 9.17) is 0 Å². The topological polar surface area (TPSA) is 37.2 Å². The van der Waals surface area contributed by atoms with Crippen molar-refractivity contribution in [3.63, 3.8) is 0 Å². The maximum atomic E-state index is 4.49. The van der Waals surface area contributed by atoms with E-state index in [0.29, 0.717) is 0 Å². The van der Waals surface area contributed by atoms with Crippen LogP contribution >= 0.6 is 22.7 Å². The molecule has 0 aliphatic carbocycles. The van der Waals surface area contributed by atoms with E-state index in [1.807, 2.05) is 59.6 Å². The van der Waals surface area contributed by atoms with Gasteiger partial charge in [0.15, 0.2) is 0 Å². The summed E-state index contributed by atoms with van der Waals surface area (Å²) in [6.45, 7) is 0. The first-order chi connectivity index (χ1) is 24.7. The van der Waals surface area contributed by atoms with Gasteiger partial charge in [-0.05, 0) is 107 Å². The molecular weight excluding hydrogens is 651 g/mol. The van der Waals surface area contributed by atoms with Crippen LogP contribution in [-0.4, -0.2) is 14.5 Å². The van der Waals surface area contributed by atoms with Crippen molar-refractivity contribution in [1.29, 1.82) is 0 Å². The lowest BCUT2D eigenvalue weighted by Gasteiger charge is -2.29. The summed E-state index contributed by atoms with van der Waals surface area (Å²) in [5.74, 6) is 2.02. The van der Waals surface area contributed by atoms with Crippen molar-refractivity contribution >= 4 is 77.2 Å². The molecule has 0 bridgehead atoms. The predicted molar refractivity (Wildman–Crippen MR) is 212 cm³/mol. The van der Waals surface area contributed by atoms with Crippen LogP contribution in [0.4, 0.5) is 34.4 Å². The summed E-state index contributed by atoms with van der Waals surface area (Å²) < 4.78 is 4.83. The van der Waals surface area contributed by atoms with Gasteiger partial charge in [0.05, 0.1) is 23.8 Å². The molecule has 0 unspecified atom stereocenters. The highest BCUT2D eigenvalue weighted by molar-refractivity contribution is 7.22. The zero-order valence-corrected chi connectivity index (χ0v) is 28.9. The van der Waals surface area contributed by atoms with Gasteiger partial charge in [0.1, 0.15) is 11.6 Å². The summed E-state index contributed by atoms with van der Waals surface area (Å²) in [6, 6.07) is 51.9.